The van der Waals surface area contributed by atoms with Gasteiger partial charge in [-0.15, -0.1) is 11.3 Å². The molecule has 1 aromatic heterocycles. The Kier molecular flexibility index (Phi) is 3.19. The van der Waals surface area contributed by atoms with Crippen molar-refractivity contribution in [1.82, 2.24) is 10.3 Å². The van der Waals surface area contributed by atoms with Crippen molar-refractivity contribution in [3.63, 3.8) is 0 Å². The lowest BCUT2D eigenvalue weighted by molar-refractivity contribution is 0.301. The van der Waals surface area contributed by atoms with Crippen LogP contribution in [-0.4, -0.2) is 11.5 Å². The molecule has 0 atom stereocenters. The molecule has 1 saturated carbocycles. The van der Waals surface area contributed by atoms with Crippen molar-refractivity contribution in [2.24, 2.45) is 5.92 Å². The maximum atomic E-state index is 4.42. The van der Waals surface area contributed by atoms with Crippen molar-refractivity contribution in [3.8, 4) is 0 Å². The summed E-state index contributed by atoms with van der Waals surface area (Å²) in [5, 5.41) is 4.71. The van der Waals surface area contributed by atoms with E-state index >= 15 is 0 Å². The van der Waals surface area contributed by atoms with Crippen LogP contribution >= 0.6 is 11.3 Å². The predicted molar refractivity (Wildman–Crippen MR) is 60.6 cm³/mol. The molecule has 0 radical (unpaired) electrons. The Morgan fingerprint density at radius 1 is 1.43 bits per heavy atom. The fraction of sp³-hybridized carbons (Fsp3) is 0.727. The summed E-state index contributed by atoms with van der Waals surface area (Å²) in [6.07, 6.45) is 4.28. The van der Waals surface area contributed by atoms with E-state index in [1.54, 1.807) is 0 Å². The lowest BCUT2D eigenvalue weighted by Gasteiger charge is -2.25. The highest BCUT2D eigenvalue weighted by atomic mass is 32.1. The second-order valence-electron chi connectivity index (χ2n) is 4.17. The van der Waals surface area contributed by atoms with Gasteiger partial charge in [0.15, 0.2) is 0 Å². The molecule has 3 heteroatoms. The molecule has 1 aliphatic carbocycles. The highest BCUT2D eigenvalue weighted by Crippen LogP contribution is 2.25. The first kappa shape index (κ1) is 10.1. The lowest BCUT2D eigenvalue weighted by atomic mass is 9.85. The Bertz CT molecular complexity index is 302. The number of aromatic nitrogens is 1. The first-order valence-corrected chi connectivity index (χ1v) is 6.21. The Balaban J connectivity index is 1.76. The maximum absolute atomic E-state index is 4.42. The van der Waals surface area contributed by atoms with E-state index in [-0.39, 0.29) is 0 Å². The largest absolute Gasteiger partial charge is 0.312 e. The van der Waals surface area contributed by atoms with Crippen LogP contribution in [0.5, 0.6) is 0 Å². The van der Waals surface area contributed by atoms with Gasteiger partial charge in [-0.1, -0.05) is 6.42 Å². The molecule has 0 saturated heterocycles. The maximum Gasteiger partial charge on any atom is 0.0900 e. The normalized spacial score (nSPS) is 17.0. The van der Waals surface area contributed by atoms with Gasteiger partial charge in [-0.3, -0.25) is 0 Å². The van der Waals surface area contributed by atoms with Crippen molar-refractivity contribution in [2.45, 2.75) is 39.7 Å². The van der Waals surface area contributed by atoms with E-state index in [4.69, 9.17) is 0 Å². The predicted octanol–water partition coefficient (Wildman–Crippen LogP) is 2.65. The number of nitrogens with one attached hydrogen (secondary N) is 1. The molecule has 2 rings (SSSR count). The van der Waals surface area contributed by atoms with Gasteiger partial charge in [0.2, 0.25) is 0 Å². The summed E-state index contributed by atoms with van der Waals surface area (Å²) in [4.78, 5) is 5.83. The second-order valence-corrected chi connectivity index (χ2v) is 5.46. The molecule has 1 N–H and O–H groups in total. The summed E-state index contributed by atoms with van der Waals surface area (Å²) in [6.45, 7) is 6.38. The van der Waals surface area contributed by atoms with Gasteiger partial charge in [0.05, 0.1) is 10.7 Å². The monoisotopic (exact) mass is 210 g/mol. The quantitative estimate of drug-likeness (QED) is 0.826. The number of aryl methyl sites for hydroxylation is 2. The fourth-order valence-electron chi connectivity index (χ4n) is 1.82. The summed E-state index contributed by atoms with van der Waals surface area (Å²) >= 11 is 1.82. The molecule has 2 nitrogen and oxygen atoms in total. The van der Waals surface area contributed by atoms with Crippen LogP contribution in [0.3, 0.4) is 0 Å². The molecule has 1 heterocycles. The highest BCUT2D eigenvalue weighted by molar-refractivity contribution is 7.11. The molecule has 1 fully saturated rings. The van der Waals surface area contributed by atoms with Crippen LogP contribution in [-0.2, 0) is 6.54 Å². The van der Waals surface area contributed by atoms with Crippen molar-refractivity contribution in [3.05, 3.63) is 15.6 Å². The van der Waals surface area contributed by atoms with Crippen molar-refractivity contribution >= 4 is 11.3 Å². The van der Waals surface area contributed by atoms with Crippen LogP contribution in [0.4, 0.5) is 0 Å². The molecular weight excluding hydrogens is 192 g/mol. The molecule has 1 aliphatic rings. The van der Waals surface area contributed by atoms with Crippen LogP contribution in [0.15, 0.2) is 0 Å². The number of thiazole rings is 1. The Morgan fingerprint density at radius 2 is 2.21 bits per heavy atom. The first-order valence-electron chi connectivity index (χ1n) is 5.39. The zero-order valence-corrected chi connectivity index (χ0v) is 9.78. The summed E-state index contributed by atoms with van der Waals surface area (Å²) in [6, 6.07) is 0. The van der Waals surface area contributed by atoms with E-state index in [2.05, 4.69) is 24.1 Å². The molecule has 0 unspecified atom stereocenters. The third-order valence-corrected chi connectivity index (χ3v) is 4.02. The van der Waals surface area contributed by atoms with E-state index in [1.165, 1.54) is 41.4 Å². The van der Waals surface area contributed by atoms with Crippen molar-refractivity contribution in [2.75, 3.05) is 6.54 Å². The zero-order chi connectivity index (χ0) is 9.97. The zero-order valence-electron chi connectivity index (χ0n) is 8.97. The minimum atomic E-state index is 0.948. The van der Waals surface area contributed by atoms with E-state index in [1.807, 2.05) is 11.3 Å². The molecule has 1 aromatic rings. The van der Waals surface area contributed by atoms with Crippen LogP contribution in [0.25, 0.3) is 0 Å². The number of hydrogen-bond donors (Lipinski definition) is 1. The highest BCUT2D eigenvalue weighted by Gasteiger charge is 2.16. The SMILES string of the molecule is Cc1nc(C)c(CNCC2CCC2)s1. The molecule has 0 bridgehead atoms. The van der Waals surface area contributed by atoms with Gasteiger partial charge in [-0.25, -0.2) is 4.98 Å². The van der Waals surface area contributed by atoms with E-state index in [0.717, 1.165) is 12.5 Å². The molecule has 78 valence electrons. The van der Waals surface area contributed by atoms with Crippen LogP contribution in [0.1, 0.15) is 34.8 Å². The van der Waals surface area contributed by atoms with Gasteiger partial charge >= 0.3 is 0 Å². The van der Waals surface area contributed by atoms with Gasteiger partial charge in [0.1, 0.15) is 0 Å². The van der Waals surface area contributed by atoms with Gasteiger partial charge < -0.3 is 5.32 Å². The average Bonchev–Trinajstić information content (AvgIpc) is 2.36. The van der Waals surface area contributed by atoms with E-state index in [9.17, 15) is 0 Å². The molecule has 14 heavy (non-hydrogen) atoms. The Hall–Kier alpha value is -0.410. The summed E-state index contributed by atoms with van der Waals surface area (Å²) in [5.74, 6) is 0.948. The summed E-state index contributed by atoms with van der Waals surface area (Å²) in [7, 11) is 0. The van der Waals surface area contributed by atoms with Gasteiger partial charge in [0, 0.05) is 11.4 Å². The van der Waals surface area contributed by atoms with E-state index < -0.39 is 0 Å². The minimum absolute atomic E-state index is 0.948. The summed E-state index contributed by atoms with van der Waals surface area (Å²) in [5.41, 5.74) is 1.20. The van der Waals surface area contributed by atoms with Crippen molar-refractivity contribution < 1.29 is 0 Å². The number of nitrogens with zero attached hydrogens (tertiary/aromatic N) is 1. The average molecular weight is 210 g/mol. The third kappa shape index (κ3) is 2.34. The van der Waals surface area contributed by atoms with Crippen LogP contribution in [0.2, 0.25) is 0 Å². The van der Waals surface area contributed by atoms with Gasteiger partial charge in [-0.05, 0) is 39.2 Å². The molecular formula is C11H18N2S. The second kappa shape index (κ2) is 4.41. The number of rotatable bonds is 4. The first-order chi connectivity index (χ1) is 6.75. The molecule has 0 aliphatic heterocycles. The van der Waals surface area contributed by atoms with Gasteiger partial charge in [0.25, 0.3) is 0 Å². The molecule has 0 spiro atoms. The standard InChI is InChI=1S/C11H18N2S/c1-8-11(14-9(2)13-8)7-12-6-10-4-3-5-10/h10,12H,3-7H2,1-2H3. The Labute approximate surface area is 89.8 Å². The minimum Gasteiger partial charge on any atom is -0.312 e. The van der Waals surface area contributed by atoms with Crippen LogP contribution in [0, 0.1) is 19.8 Å². The van der Waals surface area contributed by atoms with Gasteiger partial charge in [-0.2, -0.15) is 0 Å². The lowest BCUT2D eigenvalue weighted by Crippen LogP contribution is -2.26. The topological polar surface area (TPSA) is 24.9 Å². The summed E-state index contributed by atoms with van der Waals surface area (Å²) < 4.78 is 0. The third-order valence-electron chi connectivity index (χ3n) is 2.94. The van der Waals surface area contributed by atoms with Crippen molar-refractivity contribution in [1.29, 1.82) is 0 Å². The van der Waals surface area contributed by atoms with Crippen LogP contribution < -0.4 is 5.32 Å². The molecule has 0 amide bonds. The smallest absolute Gasteiger partial charge is 0.0900 e. The molecule has 0 aromatic carbocycles. The number of hydrogen-bond acceptors (Lipinski definition) is 3. The Morgan fingerprint density at radius 3 is 2.71 bits per heavy atom. The fourth-order valence-corrected chi connectivity index (χ4v) is 2.73. The van der Waals surface area contributed by atoms with E-state index in [0.29, 0.717) is 0 Å².